The number of benzene rings is 2. The van der Waals surface area contributed by atoms with Crippen LogP contribution in [0.2, 0.25) is 0 Å². The Morgan fingerprint density at radius 1 is 1.25 bits per heavy atom. The Balaban J connectivity index is 1.67. The van der Waals surface area contributed by atoms with Crippen LogP contribution in [0.5, 0.6) is 0 Å². The van der Waals surface area contributed by atoms with Crippen LogP contribution in [0, 0.1) is 12.7 Å². The first-order valence-corrected chi connectivity index (χ1v) is 9.81. The summed E-state index contributed by atoms with van der Waals surface area (Å²) in [6.45, 7) is 6.17. The molecule has 7 heteroatoms. The van der Waals surface area contributed by atoms with Gasteiger partial charge in [0.1, 0.15) is 11.6 Å². The molecule has 1 amide bonds. The monoisotopic (exact) mass is 396 g/mol. The highest BCUT2D eigenvalue weighted by Gasteiger charge is 2.14. The maximum Gasteiger partial charge on any atom is 0.234 e. The summed E-state index contributed by atoms with van der Waals surface area (Å²) in [5.41, 5.74) is 2.42. The van der Waals surface area contributed by atoms with E-state index < -0.39 is 0 Å². The van der Waals surface area contributed by atoms with Crippen molar-refractivity contribution in [2.75, 3.05) is 11.1 Å². The Labute approximate surface area is 167 Å². The zero-order chi connectivity index (χ0) is 19.9. The van der Waals surface area contributed by atoms with Gasteiger partial charge in [-0.25, -0.2) is 4.39 Å². The maximum atomic E-state index is 13.4. The smallest absolute Gasteiger partial charge is 0.234 e. The van der Waals surface area contributed by atoms with Crippen molar-refractivity contribution >= 4 is 23.4 Å². The van der Waals surface area contributed by atoms with Crippen molar-refractivity contribution in [3.8, 4) is 0 Å². The van der Waals surface area contributed by atoms with E-state index >= 15 is 0 Å². The van der Waals surface area contributed by atoms with Crippen LogP contribution in [0.25, 0.3) is 0 Å². The largest absolute Gasteiger partial charge is 0.325 e. The Kier molecular flexibility index (Phi) is 6.60. The fourth-order valence-electron chi connectivity index (χ4n) is 2.69. The number of nitrogens with zero attached hydrogens (tertiary/aromatic N) is 3. The van der Waals surface area contributed by atoms with Gasteiger partial charge in [0, 0.05) is 18.7 Å². The van der Waals surface area contributed by atoms with Crippen molar-refractivity contribution < 1.29 is 9.18 Å². The second kappa shape index (κ2) is 9.32. The van der Waals surface area contributed by atoms with E-state index in [1.54, 1.807) is 12.1 Å². The van der Waals surface area contributed by atoms with Crippen molar-refractivity contribution in [2.24, 2.45) is 0 Å². The average Bonchev–Trinajstić information content (AvgIpc) is 3.06. The van der Waals surface area contributed by atoms with Crippen molar-refractivity contribution in [1.82, 2.24) is 14.8 Å². The molecule has 0 spiro atoms. The van der Waals surface area contributed by atoms with E-state index in [1.165, 1.54) is 23.9 Å². The fraction of sp³-hybridized carbons (Fsp3) is 0.190. The number of rotatable bonds is 8. The van der Waals surface area contributed by atoms with Crippen LogP contribution in [0.1, 0.15) is 17.0 Å². The Hall–Kier alpha value is -2.93. The zero-order valence-electron chi connectivity index (χ0n) is 15.6. The molecule has 0 aliphatic rings. The number of carbonyl (C=O) groups is 1. The van der Waals surface area contributed by atoms with Crippen LogP contribution in [0.3, 0.4) is 0 Å². The number of carbonyl (C=O) groups excluding carboxylic acids is 1. The fourth-order valence-corrected chi connectivity index (χ4v) is 3.46. The molecule has 0 unspecified atom stereocenters. The predicted octanol–water partition coefficient (Wildman–Crippen LogP) is 4.23. The number of halogens is 1. The number of hydrogen-bond acceptors (Lipinski definition) is 4. The number of aromatic nitrogens is 3. The molecule has 1 N–H and O–H groups in total. The lowest BCUT2D eigenvalue weighted by Crippen LogP contribution is -2.15. The zero-order valence-corrected chi connectivity index (χ0v) is 16.4. The summed E-state index contributed by atoms with van der Waals surface area (Å²) < 4.78 is 15.3. The molecule has 3 aromatic rings. The van der Waals surface area contributed by atoms with Gasteiger partial charge in [0.05, 0.1) is 5.75 Å². The molecule has 0 atom stereocenters. The molecular formula is C21H21FN4OS. The van der Waals surface area contributed by atoms with Gasteiger partial charge in [-0.2, -0.15) is 0 Å². The first-order chi connectivity index (χ1) is 13.6. The van der Waals surface area contributed by atoms with Crippen LogP contribution in [0.4, 0.5) is 10.1 Å². The lowest BCUT2D eigenvalue weighted by Gasteiger charge is -2.09. The van der Waals surface area contributed by atoms with Crippen molar-refractivity contribution in [3.05, 3.63) is 84.0 Å². The topological polar surface area (TPSA) is 59.8 Å². The number of thioether (sulfide) groups is 1. The third kappa shape index (κ3) is 5.07. The highest BCUT2D eigenvalue weighted by Crippen LogP contribution is 2.21. The van der Waals surface area contributed by atoms with E-state index in [0.29, 0.717) is 23.8 Å². The van der Waals surface area contributed by atoms with Gasteiger partial charge in [-0.1, -0.05) is 54.2 Å². The number of hydrogen-bond donors (Lipinski definition) is 1. The normalized spacial score (nSPS) is 10.6. The van der Waals surface area contributed by atoms with Crippen molar-refractivity contribution in [1.29, 1.82) is 0 Å². The molecule has 3 rings (SSSR count). The van der Waals surface area contributed by atoms with Gasteiger partial charge in [-0.05, 0) is 30.2 Å². The molecule has 1 heterocycles. The van der Waals surface area contributed by atoms with E-state index in [-0.39, 0.29) is 17.5 Å². The molecule has 28 heavy (non-hydrogen) atoms. The number of amides is 1. The summed E-state index contributed by atoms with van der Waals surface area (Å²) in [6.07, 6.45) is 2.43. The summed E-state index contributed by atoms with van der Waals surface area (Å²) in [6, 6.07) is 14.3. The molecule has 0 saturated heterocycles. The van der Waals surface area contributed by atoms with Crippen LogP contribution >= 0.6 is 11.8 Å². The SMILES string of the molecule is C=CCn1c(Cc2ccccc2)nnc1SCC(=O)Nc1cc(F)ccc1C. The van der Waals surface area contributed by atoms with Gasteiger partial charge in [0.2, 0.25) is 5.91 Å². The molecule has 5 nitrogen and oxygen atoms in total. The first kappa shape index (κ1) is 19.8. The third-order valence-corrected chi connectivity index (χ3v) is 5.08. The Bertz CT molecular complexity index is 972. The van der Waals surface area contributed by atoms with Gasteiger partial charge in [0.15, 0.2) is 5.16 Å². The maximum absolute atomic E-state index is 13.4. The summed E-state index contributed by atoms with van der Waals surface area (Å²) >= 11 is 1.29. The van der Waals surface area contributed by atoms with Gasteiger partial charge in [-0.3, -0.25) is 4.79 Å². The highest BCUT2D eigenvalue weighted by molar-refractivity contribution is 7.99. The van der Waals surface area contributed by atoms with Gasteiger partial charge in [-0.15, -0.1) is 16.8 Å². The first-order valence-electron chi connectivity index (χ1n) is 8.82. The lowest BCUT2D eigenvalue weighted by atomic mass is 10.1. The molecule has 0 radical (unpaired) electrons. The summed E-state index contributed by atoms with van der Waals surface area (Å²) in [5, 5.41) is 11.9. The molecule has 0 fully saturated rings. The average molecular weight is 396 g/mol. The quantitative estimate of drug-likeness (QED) is 0.457. The molecular weight excluding hydrogens is 375 g/mol. The number of anilines is 1. The second-order valence-corrected chi connectivity index (χ2v) is 7.20. The van der Waals surface area contributed by atoms with E-state index in [4.69, 9.17) is 0 Å². The minimum atomic E-state index is -0.384. The van der Waals surface area contributed by atoms with Crippen molar-refractivity contribution in [2.45, 2.75) is 25.0 Å². The second-order valence-electron chi connectivity index (χ2n) is 6.26. The number of nitrogens with one attached hydrogen (secondary N) is 1. The Morgan fingerprint density at radius 3 is 2.79 bits per heavy atom. The van der Waals surface area contributed by atoms with Crippen LogP contribution in [0.15, 0.2) is 66.3 Å². The van der Waals surface area contributed by atoms with Crippen molar-refractivity contribution in [3.63, 3.8) is 0 Å². The molecule has 0 aliphatic heterocycles. The lowest BCUT2D eigenvalue weighted by molar-refractivity contribution is -0.113. The number of allylic oxidation sites excluding steroid dienone is 1. The van der Waals surface area contributed by atoms with Crippen LogP contribution < -0.4 is 5.32 Å². The molecule has 0 bridgehead atoms. The van der Waals surface area contributed by atoms with E-state index in [9.17, 15) is 9.18 Å². The minimum absolute atomic E-state index is 0.149. The molecule has 2 aromatic carbocycles. The van der Waals surface area contributed by atoms with E-state index in [1.807, 2.05) is 41.8 Å². The van der Waals surface area contributed by atoms with E-state index in [0.717, 1.165) is 17.0 Å². The molecule has 1 aromatic heterocycles. The van der Waals surface area contributed by atoms with Crippen LogP contribution in [-0.2, 0) is 17.8 Å². The standard InChI is InChI=1S/C21H21FN4OS/c1-3-11-26-19(12-16-7-5-4-6-8-16)24-25-21(26)28-14-20(27)23-18-13-17(22)10-9-15(18)2/h3-10,13H,1,11-12,14H2,2H3,(H,23,27). The number of aryl methyl sites for hydroxylation is 1. The molecule has 0 saturated carbocycles. The third-order valence-electron chi connectivity index (χ3n) is 4.12. The van der Waals surface area contributed by atoms with E-state index in [2.05, 4.69) is 22.1 Å². The molecule has 144 valence electrons. The Morgan fingerprint density at radius 2 is 2.04 bits per heavy atom. The van der Waals surface area contributed by atoms with Crippen LogP contribution in [-0.4, -0.2) is 26.4 Å². The minimum Gasteiger partial charge on any atom is -0.325 e. The van der Waals surface area contributed by atoms with Gasteiger partial charge in [0.25, 0.3) is 0 Å². The summed E-state index contributed by atoms with van der Waals surface area (Å²) in [4.78, 5) is 12.3. The predicted molar refractivity (Wildman–Crippen MR) is 110 cm³/mol. The highest BCUT2D eigenvalue weighted by atomic mass is 32.2. The molecule has 0 aliphatic carbocycles. The van der Waals surface area contributed by atoms with Gasteiger partial charge >= 0.3 is 0 Å². The summed E-state index contributed by atoms with van der Waals surface area (Å²) in [5.74, 6) is 0.354. The summed E-state index contributed by atoms with van der Waals surface area (Å²) in [7, 11) is 0. The van der Waals surface area contributed by atoms with Gasteiger partial charge < -0.3 is 9.88 Å².